The Balaban J connectivity index is 1.02. The lowest BCUT2D eigenvalue weighted by atomic mass is 9.99. The molecule has 5 heterocycles. The predicted molar refractivity (Wildman–Crippen MR) is 255 cm³/mol. The molecule has 0 saturated carbocycles. The molecule has 0 saturated heterocycles. The molecule has 5 aromatic heterocycles. The third kappa shape index (κ3) is 4.88. The zero-order chi connectivity index (χ0) is 40.5. The number of aromatic nitrogens is 4. The molecule has 0 atom stereocenters. The molecule has 0 spiro atoms. The molecular weight excluding hydrogens is 781 g/mol. The second-order valence-electron chi connectivity index (χ2n) is 15.9. The first-order valence-corrected chi connectivity index (χ1v) is 21.5. The topological polar surface area (TPSA) is 69.9 Å². The van der Waals surface area contributed by atoms with Gasteiger partial charge in [0.1, 0.15) is 22.3 Å². The molecule has 0 N–H and O–H groups in total. The summed E-state index contributed by atoms with van der Waals surface area (Å²) in [7, 11) is 0. The van der Waals surface area contributed by atoms with Crippen LogP contribution in [0.25, 0.3) is 136 Å². The highest BCUT2D eigenvalue weighted by Gasteiger charge is 2.22. The molecule has 0 aliphatic heterocycles. The SMILES string of the molecule is c1ccc2c(c1)ccc1sc3cc(-c4cccc5c6ccccc6n(-c6nc(-c7ccc8c(c7)oc7ccccc78)nc(-c7ccc8c(c7)oc7ccccc78)n6)c45)ccc3c12. The summed E-state index contributed by atoms with van der Waals surface area (Å²) in [5.41, 5.74) is 9.16. The lowest BCUT2D eigenvalue weighted by Gasteiger charge is -2.13. The van der Waals surface area contributed by atoms with Gasteiger partial charge in [0.2, 0.25) is 5.95 Å². The fourth-order valence-electron chi connectivity index (χ4n) is 9.63. The molecule has 0 aliphatic carbocycles. The van der Waals surface area contributed by atoms with Gasteiger partial charge in [-0.25, -0.2) is 4.98 Å². The lowest BCUT2D eigenvalue weighted by Crippen LogP contribution is -2.07. The van der Waals surface area contributed by atoms with Crippen molar-refractivity contribution in [2.24, 2.45) is 0 Å². The zero-order valence-electron chi connectivity index (χ0n) is 32.8. The van der Waals surface area contributed by atoms with Gasteiger partial charge in [0.05, 0.1) is 11.0 Å². The van der Waals surface area contributed by atoms with Gasteiger partial charge in [-0.3, -0.25) is 4.57 Å². The van der Waals surface area contributed by atoms with Crippen LogP contribution in [0.4, 0.5) is 0 Å². The van der Waals surface area contributed by atoms with E-state index in [1.54, 1.807) is 0 Å². The monoisotopic (exact) mass is 810 g/mol. The van der Waals surface area contributed by atoms with Crippen LogP contribution in [0.5, 0.6) is 0 Å². The molecule has 14 rings (SSSR count). The van der Waals surface area contributed by atoms with Crippen LogP contribution in [0.2, 0.25) is 0 Å². The van der Waals surface area contributed by atoms with Crippen LogP contribution in [0.1, 0.15) is 0 Å². The number of para-hydroxylation sites is 4. The first kappa shape index (κ1) is 33.7. The van der Waals surface area contributed by atoms with Crippen LogP contribution in [-0.4, -0.2) is 19.5 Å². The van der Waals surface area contributed by atoms with E-state index in [2.05, 4.69) is 138 Å². The fraction of sp³-hybridized carbons (Fsp3) is 0. The van der Waals surface area contributed by atoms with Crippen LogP contribution in [0.3, 0.4) is 0 Å². The van der Waals surface area contributed by atoms with Gasteiger partial charge in [-0.05, 0) is 70.9 Å². The third-order valence-corrected chi connectivity index (χ3v) is 13.6. The van der Waals surface area contributed by atoms with Gasteiger partial charge >= 0.3 is 0 Å². The number of hydrogen-bond acceptors (Lipinski definition) is 6. The van der Waals surface area contributed by atoms with Gasteiger partial charge in [-0.15, -0.1) is 11.3 Å². The Morgan fingerprint density at radius 2 is 0.968 bits per heavy atom. The molecule has 14 aromatic rings. The van der Waals surface area contributed by atoms with Crippen LogP contribution < -0.4 is 0 Å². The molecule has 0 radical (unpaired) electrons. The summed E-state index contributed by atoms with van der Waals surface area (Å²) in [6.07, 6.45) is 0. The van der Waals surface area contributed by atoms with Crippen molar-refractivity contribution < 1.29 is 8.83 Å². The second-order valence-corrected chi connectivity index (χ2v) is 17.0. The smallest absolute Gasteiger partial charge is 0.238 e. The molecule has 9 aromatic carbocycles. The van der Waals surface area contributed by atoms with E-state index in [-0.39, 0.29) is 0 Å². The summed E-state index contributed by atoms with van der Waals surface area (Å²) in [6.45, 7) is 0. The highest BCUT2D eigenvalue weighted by atomic mass is 32.1. The Labute approximate surface area is 356 Å². The average Bonchev–Trinajstić information content (AvgIpc) is 4.09. The van der Waals surface area contributed by atoms with E-state index < -0.39 is 0 Å². The minimum atomic E-state index is 0.521. The van der Waals surface area contributed by atoms with Crippen molar-refractivity contribution >= 4 is 108 Å². The number of nitrogens with zero attached hydrogens (tertiary/aromatic N) is 4. The quantitative estimate of drug-likeness (QED) is 0.177. The molecule has 7 heteroatoms. The fourth-order valence-corrected chi connectivity index (χ4v) is 10.8. The Morgan fingerprint density at radius 3 is 1.69 bits per heavy atom. The number of thiophene rings is 1. The summed E-state index contributed by atoms with van der Waals surface area (Å²) < 4.78 is 17.5. The molecule has 288 valence electrons. The minimum Gasteiger partial charge on any atom is -0.456 e. The Bertz CT molecular complexity index is 4060. The number of fused-ring (bicyclic) bond motifs is 14. The maximum absolute atomic E-state index is 6.37. The number of benzene rings is 9. The second kappa shape index (κ2) is 12.7. The zero-order valence-corrected chi connectivity index (χ0v) is 33.7. The van der Waals surface area contributed by atoms with Crippen LogP contribution in [-0.2, 0) is 0 Å². The number of rotatable bonds is 4. The molecule has 0 amide bonds. The van der Waals surface area contributed by atoms with Gasteiger partial charge in [0.25, 0.3) is 0 Å². The summed E-state index contributed by atoms with van der Waals surface area (Å²) >= 11 is 1.84. The van der Waals surface area contributed by atoms with E-state index in [4.69, 9.17) is 23.8 Å². The van der Waals surface area contributed by atoms with Gasteiger partial charge in [-0.1, -0.05) is 127 Å². The highest BCUT2D eigenvalue weighted by molar-refractivity contribution is 7.26. The van der Waals surface area contributed by atoms with Crippen molar-refractivity contribution in [3.63, 3.8) is 0 Å². The normalized spacial score (nSPS) is 12.2. The molecule has 0 aliphatic rings. The van der Waals surface area contributed by atoms with Crippen molar-refractivity contribution in [3.8, 4) is 39.9 Å². The van der Waals surface area contributed by atoms with Crippen molar-refractivity contribution in [2.75, 3.05) is 0 Å². The van der Waals surface area contributed by atoms with Gasteiger partial charge in [0, 0.05) is 69.2 Å². The van der Waals surface area contributed by atoms with Crippen molar-refractivity contribution in [1.29, 1.82) is 0 Å². The Kier molecular flexibility index (Phi) is 6.89. The van der Waals surface area contributed by atoms with Crippen molar-refractivity contribution in [2.45, 2.75) is 0 Å². The van der Waals surface area contributed by atoms with Gasteiger partial charge in [0.15, 0.2) is 11.6 Å². The maximum atomic E-state index is 6.37. The standard InChI is InChI=1S/C55H30N4O2S/c1-2-11-35-31(10-1)23-27-49-51(35)43-26-20-32(30-50(43)62-49)36-15-9-16-42-37-12-3-6-17-44(37)59(52(36)42)55-57-53(33-21-24-40-38-13-4-7-18-45(38)60-47(40)28-33)56-54(58-55)34-22-25-41-39-14-5-8-19-46(39)61-48(41)29-34/h1-30H. The van der Waals surface area contributed by atoms with Crippen LogP contribution >= 0.6 is 11.3 Å². The number of furan rings is 2. The van der Waals surface area contributed by atoms with Crippen LogP contribution in [0.15, 0.2) is 191 Å². The molecule has 0 unspecified atom stereocenters. The van der Waals surface area contributed by atoms with E-state index in [9.17, 15) is 0 Å². The average molecular weight is 811 g/mol. The Morgan fingerprint density at radius 1 is 0.387 bits per heavy atom. The van der Waals surface area contributed by atoms with E-state index in [1.807, 2.05) is 59.9 Å². The Hall–Kier alpha value is -8.13. The van der Waals surface area contributed by atoms with E-state index in [1.165, 1.54) is 30.9 Å². The lowest BCUT2D eigenvalue weighted by molar-refractivity contribution is 0.668. The summed E-state index contributed by atoms with van der Waals surface area (Å²) in [6, 6.07) is 63.9. The van der Waals surface area contributed by atoms with E-state index in [0.29, 0.717) is 17.6 Å². The molecule has 62 heavy (non-hydrogen) atoms. The summed E-state index contributed by atoms with van der Waals surface area (Å²) in [4.78, 5) is 15.9. The first-order valence-electron chi connectivity index (χ1n) is 20.7. The minimum absolute atomic E-state index is 0.521. The van der Waals surface area contributed by atoms with Gasteiger partial charge < -0.3 is 8.83 Å². The van der Waals surface area contributed by atoms with Crippen LogP contribution in [0, 0.1) is 0 Å². The first-order chi connectivity index (χ1) is 30.7. The largest absolute Gasteiger partial charge is 0.456 e. The molecule has 0 bridgehead atoms. The third-order valence-electron chi connectivity index (χ3n) is 12.5. The number of hydrogen-bond donors (Lipinski definition) is 0. The van der Waals surface area contributed by atoms with Crippen molar-refractivity contribution in [3.05, 3.63) is 182 Å². The van der Waals surface area contributed by atoms with E-state index in [0.717, 1.165) is 87.9 Å². The molecular formula is C55H30N4O2S. The van der Waals surface area contributed by atoms with Gasteiger partial charge in [-0.2, -0.15) is 9.97 Å². The maximum Gasteiger partial charge on any atom is 0.238 e. The van der Waals surface area contributed by atoms with E-state index >= 15 is 0 Å². The molecule has 6 nitrogen and oxygen atoms in total. The summed E-state index contributed by atoms with van der Waals surface area (Å²) in [5, 5.41) is 11.6. The predicted octanol–water partition coefficient (Wildman–Crippen LogP) is 15.3. The van der Waals surface area contributed by atoms with Crippen molar-refractivity contribution in [1.82, 2.24) is 19.5 Å². The molecule has 0 fully saturated rings. The summed E-state index contributed by atoms with van der Waals surface area (Å²) in [5.74, 6) is 1.60. The highest BCUT2D eigenvalue weighted by Crippen LogP contribution is 2.43.